The summed E-state index contributed by atoms with van der Waals surface area (Å²) < 4.78 is 87.4. The van der Waals surface area contributed by atoms with Gasteiger partial charge in [-0.2, -0.15) is 21.6 Å². The number of hydrogen-bond acceptors (Lipinski definition) is 5. The highest BCUT2D eigenvalue weighted by Gasteiger charge is 2.31. The quantitative estimate of drug-likeness (QED) is 0.302. The van der Waals surface area contributed by atoms with E-state index in [0.717, 1.165) is 42.5 Å². The summed E-state index contributed by atoms with van der Waals surface area (Å²) in [6.07, 6.45) is -4.60. The fourth-order valence-electron chi connectivity index (χ4n) is 3.16. The molecule has 0 fully saturated rings. The van der Waals surface area contributed by atoms with Crippen molar-refractivity contribution in [1.29, 1.82) is 0 Å². The number of carbonyl (C=O) groups excluding carboxylic acids is 1. The first-order chi connectivity index (χ1) is 16.5. The number of alkyl halides is 3. The number of amides is 1. The first kappa shape index (κ1) is 26.2. The Bertz CT molecular complexity index is 1280. The summed E-state index contributed by atoms with van der Waals surface area (Å²) in [7, 11) is -2.82. The maximum absolute atomic E-state index is 13.1. The second-order valence-corrected chi connectivity index (χ2v) is 8.98. The van der Waals surface area contributed by atoms with Gasteiger partial charge in [-0.05, 0) is 60.2 Å². The van der Waals surface area contributed by atoms with Gasteiger partial charge in [0.05, 0.1) is 12.2 Å². The fourth-order valence-corrected chi connectivity index (χ4v) is 4.08. The SMILES string of the molecule is COCCN(Cc1cccc(OS(=O)(=O)c2ccc(F)cc2)c1)C(=O)c1cccc(C(F)(F)F)c1. The van der Waals surface area contributed by atoms with Crippen LogP contribution in [0.2, 0.25) is 0 Å². The molecule has 0 aromatic heterocycles. The molecule has 0 N–H and O–H groups in total. The van der Waals surface area contributed by atoms with E-state index < -0.39 is 33.6 Å². The molecule has 0 spiro atoms. The van der Waals surface area contributed by atoms with Gasteiger partial charge in [0.25, 0.3) is 5.91 Å². The monoisotopic (exact) mass is 511 g/mol. The van der Waals surface area contributed by atoms with Crippen LogP contribution in [0.15, 0.2) is 77.7 Å². The molecule has 11 heteroatoms. The summed E-state index contributed by atoms with van der Waals surface area (Å²) in [6, 6.07) is 14.1. The van der Waals surface area contributed by atoms with Crippen LogP contribution in [0.1, 0.15) is 21.5 Å². The topological polar surface area (TPSA) is 72.9 Å². The standard InChI is InChI=1S/C24H21F4NO5S/c1-33-13-12-29(23(30)18-5-3-6-19(15-18)24(26,27)28)16-17-4-2-7-21(14-17)34-35(31,32)22-10-8-20(25)9-11-22/h2-11,14-15H,12-13,16H2,1H3. The Morgan fingerprint density at radius 2 is 1.66 bits per heavy atom. The maximum Gasteiger partial charge on any atom is 0.416 e. The molecule has 0 aliphatic heterocycles. The Kier molecular flexibility index (Phi) is 8.13. The van der Waals surface area contributed by atoms with Crippen LogP contribution < -0.4 is 4.18 Å². The molecule has 3 aromatic carbocycles. The maximum atomic E-state index is 13.1. The Morgan fingerprint density at radius 1 is 0.971 bits per heavy atom. The first-order valence-corrected chi connectivity index (χ1v) is 11.6. The van der Waals surface area contributed by atoms with E-state index in [1.54, 1.807) is 6.07 Å². The molecule has 6 nitrogen and oxygen atoms in total. The van der Waals surface area contributed by atoms with E-state index in [1.807, 2.05) is 0 Å². The third-order valence-corrected chi connectivity index (χ3v) is 6.13. The molecule has 0 atom stereocenters. The summed E-state index contributed by atoms with van der Waals surface area (Å²) in [5, 5.41) is 0. The zero-order chi connectivity index (χ0) is 25.6. The zero-order valence-corrected chi connectivity index (χ0v) is 19.3. The third-order valence-electron chi connectivity index (χ3n) is 4.87. The summed E-state index contributed by atoms with van der Waals surface area (Å²) in [6.45, 7) is 0.149. The highest BCUT2D eigenvalue weighted by Crippen LogP contribution is 2.30. The van der Waals surface area contributed by atoms with E-state index in [-0.39, 0.29) is 35.9 Å². The van der Waals surface area contributed by atoms with Crippen molar-refractivity contribution in [3.8, 4) is 5.75 Å². The second-order valence-electron chi connectivity index (χ2n) is 7.44. The van der Waals surface area contributed by atoms with Crippen LogP contribution in [0.25, 0.3) is 0 Å². The van der Waals surface area contributed by atoms with E-state index in [2.05, 4.69) is 0 Å². The summed E-state index contributed by atoms with van der Waals surface area (Å²) in [4.78, 5) is 14.0. The molecule has 186 valence electrons. The Labute approximate surface area is 199 Å². The molecule has 35 heavy (non-hydrogen) atoms. The zero-order valence-electron chi connectivity index (χ0n) is 18.5. The smallest absolute Gasteiger partial charge is 0.383 e. The van der Waals surface area contributed by atoms with Crippen LogP contribution >= 0.6 is 0 Å². The van der Waals surface area contributed by atoms with Crippen molar-refractivity contribution in [2.75, 3.05) is 20.3 Å². The minimum atomic E-state index is -4.60. The highest BCUT2D eigenvalue weighted by molar-refractivity contribution is 7.87. The lowest BCUT2D eigenvalue weighted by atomic mass is 10.1. The number of nitrogens with zero attached hydrogens (tertiary/aromatic N) is 1. The van der Waals surface area contributed by atoms with Crippen LogP contribution in [0.3, 0.4) is 0 Å². The highest BCUT2D eigenvalue weighted by atomic mass is 32.2. The van der Waals surface area contributed by atoms with Crippen molar-refractivity contribution >= 4 is 16.0 Å². The van der Waals surface area contributed by atoms with Crippen LogP contribution in [0, 0.1) is 5.82 Å². The number of benzene rings is 3. The van der Waals surface area contributed by atoms with Gasteiger partial charge in [-0.3, -0.25) is 4.79 Å². The number of ether oxygens (including phenoxy) is 1. The van der Waals surface area contributed by atoms with Crippen molar-refractivity contribution < 1.29 is 39.7 Å². The number of halogens is 4. The Morgan fingerprint density at radius 3 is 2.31 bits per heavy atom. The minimum absolute atomic E-state index is 0.0494. The largest absolute Gasteiger partial charge is 0.416 e. The van der Waals surface area contributed by atoms with Gasteiger partial charge in [-0.25, -0.2) is 4.39 Å². The van der Waals surface area contributed by atoms with Crippen molar-refractivity contribution in [1.82, 2.24) is 4.90 Å². The number of carbonyl (C=O) groups is 1. The van der Waals surface area contributed by atoms with Gasteiger partial charge in [-0.1, -0.05) is 18.2 Å². The Balaban J connectivity index is 1.82. The van der Waals surface area contributed by atoms with E-state index >= 15 is 0 Å². The van der Waals surface area contributed by atoms with Crippen LogP contribution in [-0.2, 0) is 27.6 Å². The molecular weight excluding hydrogens is 490 g/mol. The second kappa shape index (κ2) is 10.9. The van der Waals surface area contributed by atoms with E-state index in [0.29, 0.717) is 5.56 Å². The molecule has 0 unspecified atom stereocenters. The summed E-state index contributed by atoms with van der Waals surface area (Å²) >= 11 is 0. The molecule has 0 saturated carbocycles. The van der Waals surface area contributed by atoms with Crippen LogP contribution in [0.4, 0.5) is 17.6 Å². The van der Waals surface area contributed by atoms with Gasteiger partial charge < -0.3 is 13.8 Å². The predicted molar refractivity (Wildman–Crippen MR) is 119 cm³/mol. The molecular formula is C24H21F4NO5S. The number of methoxy groups -OCH3 is 1. The molecule has 0 heterocycles. The normalized spacial score (nSPS) is 11.8. The van der Waals surface area contributed by atoms with Crippen molar-refractivity contribution in [3.05, 3.63) is 95.3 Å². The van der Waals surface area contributed by atoms with E-state index in [9.17, 15) is 30.8 Å². The van der Waals surface area contributed by atoms with Gasteiger partial charge in [-0.15, -0.1) is 0 Å². The molecule has 3 rings (SSSR count). The van der Waals surface area contributed by atoms with Gasteiger partial charge in [0, 0.05) is 25.8 Å². The van der Waals surface area contributed by atoms with Crippen molar-refractivity contribution in [3.63, 3.8) is 0 Å². The van der Waals surface area contributed by atoms with Crippen molar-refractivity contribution in [2.45, 2.75) is 17.6 Å². The van der Waals surface area contributed by atoms with E-state index in [1.165, 1.54) is 36.3 Å². The van der Waals surface area contributed by atoms with E-state index in [4.69, 9.17) is 8.92 Å². The summed E-state index contributed by atoms with van der Waals surface area (Å²) in [5.74, 6) is -1.31. The van der Waals surface area contributed by atoms with Crippen LogP contribution in [-0.4, -0.2) is 39.5 Å². The van der Waals surface area contributed by atoms with Gasteiger partial charge in [0.1, 0.15) is 16.5 Å². The van der Waals surface area contributed by atoms with Crippen LogP contribution in [0.5, 0.6) is 5.75 Å². The van der Waals surface area contributed by atoms with Gasteiger partial charge in [0.2, 0.25) is 0 Å². The summed E-state index contributed by atoms with van der Waals surface area (Å²) in [5.41, 5.74) is -0.633. The lowest BCUT2D eigenvalue weighted by molar-refractivity contribution is -0.137. The average Bonchev–Trinajstić information content (AvgIpc) is 2.81. The molecule has 3 aromatic rings. The first-order valence-electron chi connectivity index (χ1n) is 10.2. The minimum Gasteiger partial charge on any atom is -0.383 e. The lowest BCUT2D eigenvalue weighted by Gasteiger charge is -2.23. The number of rotatable bonds is 9. The lowest BCUT2D eigenvalue weighted by Crippen LogP contribution is -2.33. The molecule has 1 amide bonds. The molecule has 0 radical (unpaired) electrons. The molecule has 0 aliphatic carbocycles. The fraction of sp³-hybridized carbons (Fsp3) is 0.208. The van der Waals surface area contributed by atoms with Gasteiger partial charge in [0.15, 0.2) is 0 Å². The molecule has 0 bridgehead atoms. The predicted octanol–water partition coefficient (Wildman–Crippen LogP) is 4.90. The number of hydrogen-bond donors (Lipinski definition) is 0. The Hall–Kier alpha value is -3.44. The molecule has 0 aliphatic rings. The molecule has 0 saturated heterocycles. The average molecular weight is 511 g/mol. The van der Waals surface area contributed by atoms with Gasteiger partial charge >= 0.3 is 16.3 Å². The third kappa shape index (κ3) is 7.03. The van der Waals surface area contributed by atoms with Crippen molar-refractivity contribution in [2.24, 2.45) is 0 Å².